The van der Waals surface area contributed by atoms with Crippen molar-refractivity contribution in [1.29, 1.82) is 0 Å². The Labute approximate surface area is 143 Å². The zero-order chi connectivity index (χ0) is 16.5. The van der Waals surface area contributed by atoms with Gasteiger partial charge in [-0.2, -0.15) is 4.98 Å². The molecule has 1 unspecified atom stereocenters. The summed E-state index contributed by atoms with van der Waals surface area (Å²) in [6.45, 7) is 3.54. The van der Waals surface area contributed by atoms with Crippen molar-refractivity contribution in [2.24, 2.45) is 0 Å². The molecule has 0 bridgehead atoms. The lowest BCUT2D eigenvalue weighted by Crippen LogP contribution is -2.40. The SMILES string of the molecule is Cc1csc(C2CCCN(C(=O)Cc3nc4ncccn4n3)C2)n1. The van der Waals surface area contributed by atoms with Gasteiger partial charge < -0.3 is 4.90 Å². The molecule has 1 atom stereocenters. The third-order valence-corrected chi connectivity index (χ3v) is 5.36. The number of aromatic nitrogens is 5. The van der Waals surface area contributed by atoms with Crippen LogP contribution in [0.25, 0.3) is 5.78 Å². The molecule has 4 rings (SSSR count). The summed E-state index contributed by atoms with van der Waals surface area (Å²) in [5, 5.41) is 7.53. The van der Waals surface area contributed by atoms with Gasteiger partial charge in [0.05, 0.1) is 11.4 Å². The lowest BCUT2D eigenvalue weighted by Gasteiger charge is -2.31. The summed E-state index contributed by atoms with van der Waals surface area (Å²) >= 11 is 1.69. The summed E-state index contributed by atoms with van der Waals surface area (Å²) < 4.78 is 1.60. The number of fused-ring (bicyclic) bond motifs is 1. The molecule has 0 N–H and O–H groups in total. The Hall–Kier alpha value is -2.35. The molecule has 0 aliphatic carbocycles. The molecule has 0 saturated carbocycles. The summed E-state index contributed by atoms with van der Waals surface area (Å²) in [7, 11) is 0. The highest BCUT2D eigenvalue weighted by molar-refractivity contribution is 7.09. The molecule has 1 amide bonds. The van der Waals surface area contributed by atoms with Gasteiger partial charge in [-0.25, -0.2) is 14.5 Å². The van der Waals surface area contributed by atoms with E-state index in [1.54, 1.807) is 34.3 Å². The minimum Gasteiger partial charge on any atom is -0.342 e. The quantitative estimate of drug-likeness (QED) is 0.726. The standard InChI is InChI=1S/C16H18N6OS/c1-11-10-24-15(18-11)12-4-2-6-21(9-12)14(23)8-13-19-16-17-5-3-7-22(16)20-13/h3,5,7,10,12H,2,4,6,8-9H2,1H3. The average molecular weight is 342 g/mol. The maximum absolute atomic E-state index is 12.6. The van der Waals surface area contributed by atoms with E-state index in [0.29, 0.717) is 17.5 Å². The third kappa shape index (κ3) is 3.01. The first kappa shape index (κ1) is 15.2. The highest BCUT2D eigenvalue weighted by atomic mass is 32.1. The van der Waals surface area contributed by atoms with Crippen LogP contribution >= 0.6 is 11.3 Å². The molecular weight excluding hydrogens is 324 g/mol. The second-order valence-corrected chi connectivity index (χ2v) is 6.96. The van der Waals surface area contributed by atoms with Gasteiger partial charge in [0.25, 0.3) is 5.78 Å². The van der Waals surface area contributed by atoms with Crippen molar-refractivity contribution in [3.63, 3.8) is 0 Å². The van der Waals surface area contributed by atoms with Crippen LogP contribution in [-0.4, -0.2) is 48.5 Å². The average Bonchev–Trinajstić information content (AvgIpc) is 3.20. The Bertz CT molecular complexity index is 839. The number of aryl methyl sites for hydroxylation is 1. The predicted molar refractivity (Wildman–Crippen MR) is 89.9 cm³/mol. The van der Waals surface area contributed by atoms with Gasteiger partial charge in [-0.3, -0.25) is 4.79 Å². The fourth-order valence-corrected chi connectivity index (χ4v) is 3.99. The lowest BCUT2D eigenvalue weighted by atomic mass is 9.98. The van der Waals surface area contributed by atoms with Crippen molar-refractivity contribution in [3.8, 4) is 0 Å². The molecule has 0 radical (unpaired) electrons. The molecule has 24 heavy (non-hydrogen) atoms. The third-order valence-electron chi connectivity index (χ3n) is 4.23. The summed E-state index contributed by atoms with van der Waals surface area (Å²) in [5.41, 5.74) is 1.06. The first-order chi connectivity index (χ1) is 11.7. The van der Waals surface area contributed by atoms with E-state index in [1.807, 2.05) is 11.8 Å². The van der Waals surface area contributed by atoms with Gasteiger partial charge >= 0.3 is 0 Å². The lowest BCUT2D eigenvalue weighted by molar-refractivity contribution is -0.131. The first-order valence-corrected chi connectivity index (χ1v) is 8.93. The van der Waals surface area contributed by atoms with E-state index in [1.165, 1.54) is 0 Å². The first-order valence-electron chi connectivity index (χ1n) is 8.05. The van der Waals surface area contributed by atoms with E-state index in [-0.39, 0.29) is 12.3 Å². The summed E-state index contributed by atoms with van der Waals surface area (Å²) in [4.78, 5) is 27.6. The molecule has 0 spiro atoms. The fraction of sp³-hybridized carbons (Fsp3) is 0.438. The van der Waals surface area contributed by atoms with Crippen molar-refractivity contribution in [1.82, 2.24) is 29.5 Å². The minimum atomic E-state index is 0.0730. The van der Waals surface area contributed by atoms with Crippen LogP contribution < -0.4 is 0 Å². The Morgan fingerprint density at radius 3 is 3.12 bits per heavy atom. The minimum absolute atomic E-state index is 0.0730. The summed E-state index contributed by atoms with van der Waals surface area (Å²) in [6.07, 6.45) is 5.77. The predicted octanol–water partition coefficient (Wildman–Crippen LogP) is 1.84. The molecule has 3 aromatic rings. The molecule has 1 fully saturated rings. The summed E-state index contributed by atoms with van der Waals surface area (Å²) in [6, 6.07) is 1.79. The highest BCUT2D eigenvalue weighted by Crippen LogP contribution is 2.29. The van der Waals surface area contributed by atoms with Gasteiger partial charge in [-0.15, -0.1) is 16.4 Å². The number of carbonyl (C=O) groups is 1. The Kier molecular flexibility index (Phi) is 3.97. The van der Waals surface area contributed by atoms with Crippen molar-refractivity contribution in [2.45, 2.75) is 32.1 Å². The van der Waals surface area contributed by atoms with E-state index in [9.17, 15) is 4.79 Å². The van der Waals surface area contributed by atoms with Crippen LogP contribution in [0.2, 0.25) is 0 Å². The number of amides is 1. The van der Waals surface area contributed by atoms with E-state index < -0.39 is 0 Å². The van der Waals surface area contributed by atoms with Crippen LogP contribution in [0.4, 0.5) is 0 Å². The number of hydrogen-bond donors (Lipinski definition) is 0. The number of rotatable bonds is 3. The molecule has 8 heteroatoms. The largest absolute Gasteiger partial charge is 0.342 e. The van der Waals surface area contributed by atoms with Crippen LogP contribution in [0.15, 0.2) is 23.8 Å². The van der Waals surface area contributed by atoms with Crippen LogP contribution in [0, 0.1) is 6.92 Å². The second kappa shape index (κ2) is 6.27. The molecule has 124 valence electrons. The normalized spacial score (nSPS) is 18.2. The number of piperidine rings is 1. The zero-order valence-corrected chi connectivity index (χ0v) is 14.2. The molecule has 1 aliphatic heterocycles. The van der Waals surface area contributed by atoms with Gasteiger partial charge in [0.2, 0.25) is 5.91 Å². The number of likely N-dealkylation sites (tertiary alicyclic amines) is 1. The maximum Gasteiger partial charge on any atom is 0.252 e. The zero-order valence-electron chi connectivity index (χ0n) is 13.4. The highest BCUT2D eigenvalue weighted by Gasteiger charge is 2.27. The molecule has 1 saturated heterocycles. The van der Waals surface area contributed by atoms with Crippen molar-refractivity contribution >= 4 is 23.0 Å². The Morgan fingerprint density at radius 2 is 2.33 bits per heavy atom. The number of thiazole rings is 1. The Balaban J connectivity index is 1.45. The number of carbonyl (C=O) groups excluding carboxylic acids is 1. The monoisotopic (exact) mass is 342 g/mol. The second-order valence-electron chi connectivity index (χ2n) is 6.08. The van der Waals surface area contributed by atoms with E-state index in [4.69, 9.17) is 0 Å². The van der Waals surface area contributed by atoms with Crippen LogP contribution in [-0.2, 0) is 11.2 Å². The summed E-state index contributed by atoms with van der Waals surface area (Å²) in [5.74, 6) is 1.46. The van der Waals surface area contributed by atoms with Crippen LogP contribution in [0.5, 0.6) is 0 Å². The molecule has 0 aromatic carbocycles. The van der Waals surface area contributed by atoms with Gasteiger partial charge in [-0.1, -0.05) is 0 Å². The molecular formula is C16H18N6OS. The number of hydrogen-bond acceptors (Lipinski definition) is 6. The fourth-order valence-electron chi connectivity index (χ4n) is 3.06. The van der Waals surface area contributed by atoms with E-state index in [2.05, 4.69) is 25.4 Å². The van der Waals surface area contributed by atoms with Crippen molar-refractivity contribution in [3.05, 3.63) is 40.4 Å². The van der Waals surface area contributed by atoms with Crippen LogP contribution in [0.1, 0.15) is 35.3 Å². The van der Waals surface area contributed by atoms with Crippen LogP contribution in [0.3, 0.4) is 0 Å². The molecule has 4 heterocycles. The topological polar surface area (TPSA) is 76.3 Å². The van der Waals surface area contributed by atoms with Gasteiger partial charge in [0.1, 0.15) is 0 Å². The smallest absolute Gasteiger partial charge is 0.252 e. The maximum atomic E-state index is 12.6. The molecule has 1 aliphatic rings. The number of nitrogens with zero attached hydrogens (tertiary/aromatic N) is 6. The van der Waals surface area contributed by atoms with Crippen molar-refractivity contribution < 1.29 is 4.79 Å². The van der Waals surface area contributed by atoms with Gasteiger partial charge in [0, 0.05) is 42.5 Å². The molecule has 7 nitrogen and oxygen atoms in total. The Morgan fingerprint density at radius 1 is 1.42 bits per heavy atom. The van der Waals surface area contributed by atoms with Gasteiger partial charge in [-0.05, 0) is 25.8 Å². The van der Waals surface area contributed by atoms with Crippen molar-refractivity contribution in [2.75, 3.05) is 13.1 Å². The van der Waals surface area contributed by atoms with Gasteiger partial charge in [0.15, 0.2) is 5.82 Å². The molecule has 3 aromatic heterocycles. The van der Waals surface area contributed by atoms with E-state index in [0.717, 1.165) is 36.6 Å². The van der Waals surface area contributed by atoms with E-state index >= 15 is 0 Å².